The number of carbonyl (C=O) groups is 1. The predicted octanol–water partition coefficient (Wildman–Crippen LogP) is 2.47. The van der Waals surface area contributed by atoms with Crippen LogP contribution in [-0.4, -0.2) is 41.2 Å². The minimum atomic E-state index is 0.0918. The van der Waals surface area contributed by atoms with E-state index in [4.69, 9.17) is 9.15 Å². The Morgan fingerprint density at radius 3 is 2.95 bits per heavy atom. The molecule has 0 saturated carbocycles. The van der Waals surface area contributed by atoms with Crippen molar-refractivity contribution in [1.82, 2.24) is 15.1 Å². The number of hydrogen-bond donors (Lipinski definition) is 0. The van der Waals surface area contributed by atoms with E-state index in [0.717, 1.165) is 24.9 Å². The molecule has 1 aromatic heterocycles. The zero-order valence-electron chi connectivity index (χ0n) is 12.8. The number of carbonyl (C=O) groups excluding carboxylic acids is 1. The zero-order chi connectivity index (χ0) is 15.5. The van der Waals surface area contributed by atoms with Crippen molar-refractivity contribution in [2.75, 3.05) is 20.2 Å². The van der Waals surface area contributed by atoms with Crippen molar-refractivity contribution in [2.45, 2.75) is 25.7 Å². The number of benzene rings is 1. The number of methoxy groups -OCH3 is 1. The Kier molecular flexibility index (Phi) is 4.09. The van der Waals surface area contributed by atoms with E-state index in [-0.39, 0.29) is 11.8 Å². The standard InChI is InChI=1S/C16H19N3O3/c1-11(20)19-9-5-6-12(10-19)15-17-18-16(22-15)13-7-3-4-8-14(13)21-2/h3-4,7-8,12H,5-6,9-10H2,1-2H3. The number of likely N-dealkylation sites (tertiary alicyclic amines) is 1. The van der Waals surface area contributed by atoms with Crippen molar-refractivity contribution in [3.05, 3.63) is 30.2 Å². The van der Waals surface area contributed by atoms with Crippen LogP contribution in [0.5, 0.6) is 5.75 Å². The second-order valence-electron chi connectivity index (χ2n) is 5.45. The third kappa shape index (κ3) is 2.81. The summed E-state index contributed by atoms with van der Waals surface area (Å²) in [7, 11) is 1.61. The van der Waals surface area contributed by atoms with Crippen LogP contribution in [0.1, 0.15) is 31.6 Å². The molecule has 1 amide bonds. The molecule has 1 unspecified atom stereocenters. The third-order valence-corrected chi connectivity index (χ3v) is 3.99. The van der Waals surface area contributed by atoms with Gasteiger partial charge in [-0.05, 0) is 25.0 Å². The summed E-state index contributed by atoms with van der Waals surface area (Å²) in [5, 5.41) is 8.32. The number of amides is 1. The minimum absolute atomic E-state index is 0.0918. The molecule has 0 radical (unpaired) electrons. The van der Waals surface area contributed by atoms with Crippen LogP contribution in [0.25, 0.3) is 11.5 Å². The first-order valence-corrected chi connectivity index (χ1v) is 7.41. The van der Waals surface area contributed by atoms with Gasteiger partial charge < -0.3 is 14.1 Å². The number of piperidine rings is 1. The van der Waals surface area contributed by atoms with Crippen molar-refractivity contribution in [3.8, 4) is 17.2 Å². The summed E-state index contributed by atoms with van der Waals surface area (Å²) in [6, 6.07) is 7.54. The SMILES string of the molecule is COc1ccccc1-c1nnc(C2CCCN(C(C)=O)C2)o1. The summed E-state index contributed by atoms with van der Waals surface area (Å²) in [5.41, 5.74) is 0.781. The van der Waals surface area contributed by atoms with E-state index < -0.39 is 0 Å². The molecular formula is C16H19N3O3. The van der Waals surface area contributed by atoms with Crippen LogP contribution in [0.3, 0.4) is 0 Å². The molecule has 6 nitrogen and oxygen atoms in total. The molecule has 1 aliphatic rings. The van der Waals surface area contributed by atoms with E-state index in [1.165, 1.54) is 0 Å². The highest BCUT2D eigenvalue weighted by Gasteiger charge is 2.27. The number of ether oxygens (including phenoxy) is 1. The van der Waals surface area contributed by atoms with Crippen LogP contribution in [0, 0.1) is 0 Å². The van der Waals surface area contributed by atoms with Gasteiger partial charge in [-0.25, -0.2) is 0 Å². The molecule has 1 aliphatic heterocycles. The molecule has 0 bridgehead atoms. The van der Waals surface area contributed by atoms with Crippen molar-refractivity contribution in [2.24, 2.45) is 0 Å². The first kappa shape index (κ1) is 14.6. The van der Waals surface area contributed by atoms with Crippen LogP contribution >= 0.6 is 0 Å². The van der Waals surface area contributed by atoms with Gasteiger partial charge in [0.1, 0.15) is 5.75 Å². The summed E-state index contributed by atoms with van der Waals surface area (Å²) in [6.45, 7) is 3.04. The van der Waals surface area contributed by atoms with Gasteiger partial charge in [-0.1, -0.05) is 12.1 Å². The lowest BCUT2D eigenvalue weighted by molar-refractivity contribution is -0.130. The average molecular weight is 301 g/mol. The van der Waals surface area contributed by atoms with Gasteiger partial charge in [-0.3, -0.25) is 4.79 Å². The number of para-hydroxylation sites is 1. The summed E-state index contributed by atoms with van der Waals surface area (Å²) in [5.74, 6) is 1.94. The Balaban J connectivity index is 1.83. The van der Waals surface area contributed by atoms with Gasteiger partial charge in [-0.15, -0.1) is 10.2 Å². The highest BCUT2D eigenvalue weighted by Crippen LogP contribution is 2.32. The van der Waals surface area contributed by atoms with Crippen molar-refractivity contribution < 1.29 is 13.9 Å². The van der Waals surface area contributed by atoms with Crippen LogP contribution in [-0.2, 0) is 4.79 Å². The molecule has 1 atom stereocenters. The largest absolute Gasteiger partial charge is 0.496 e. The molecule has 2 heterocycles. The van der Waals surface area contributed by atoms with E-state index in [1.807, 2.05) is 29.2 Å². The lowest BCUT2D eigenvalue weighted by atomic mass is 9.98. The van der Waals surface area contributed by atoms with Crippen LogP contribution in [0.2, 0.25) is 0 Å². The topological polar surface area (TPSA) is 68.5 Å². The molecule has 0 spiro atoms. The van der Waals surface area contributed by atoms with E-state index in [1.54, 1.807) is 14.0 Å². The second-order valence-corrected chi connectivity index (χ2v) is 5.45. The summed E-state index contributed by atoms with van der Waals surface area (Å²) >= 11 is 0. The van der Waals surface area contributed by atoms with Gasteiger partial charge in [0.25, 0.3) is 5.89 Å². The molecule has 116 valence electrons. The molecule has 0 aliphatic carbocycles. The van der Waals surface area contributed by atoms with Gasteiger partial charge in [0.05, 0.1) is 18.6 Å². The van der Waals surface area contributed by atoms with Gasteiger partial charge in [-0.2, -0.15) is 0 Å². The van der Waals surface area contributed by atoms with Gasteiger partial charge in [0.2, 0.25) is 11.8 Å². The van der Waals surface area contributed by atoms with Crippen molar-refractivity contribution in [1.29, 1.82) is 0 Å². The number of hydrogen-bond acceptors (Lipinski definition) is 5. The van der Waals surface area contributed by atoms with Gasteiger partial charge in [0, 0.05) is 20.0 Å². The molecule has 1 saturated heterocycles. The fourth-order valence-electron chi connectivity index (χ4n) is 2.79. The summed E-state index contributed by atoms with van der Waals surface area (Å²) < 4.78 is 11.2. The average Bonchev–Trinajstić information content (AvgIpc) is 3.04. The lowest BCUT2D eigenvalue weighted by Crippen LogP contribution is -2.37. The van der Waals surface area contributed by atoms with E-state index in [0.29, 0.717) is 24.1 Å². The molecule has 2 aromatic rings. The normalized spacial score (nSPS) is 18.3. The third-order valence-electron chi connectivity index (χ3n) is 3.99. The quantitative estimate of drug-likeness (QED) is 0.871. The zero-order valence-corrected chi connectivity index (χ0v) is 12.8. The van der Waals surface area contributed by atoms with E-state index in [9.17, 15) is 4.79 Å². The Hall–Kier alpha value is -2.37. The number of rotatable bonds is 3. The first-order chi connectivity index (χ1) is 10.7. The lowest BCUT2D eigenvalue weighted by Gasteiger charge is -2.30. The highest BCUT2D eigenvalue weighted by molar-refractivity contribution is 5.73. The Labute approximate surface area is 129 Å². The van der Waals surface area contributed by atoms with Crippen molar-refractivity contribution in [3.63, 3.8) is 0 Å². The van der Waals surface area contributed by atoms with Gasteiger partial charge in [0.15, 0.2) is 0 Å². The summed E-state index contributed by atoms with van der Waals surface area (Å²) in [4.78, 5) is 13.4. The minimum Gasteiger partial charge on any atom is -0.496 e. The van der Waals surface area contributed by atoms with E-state index in [2.05, 4.69) is 10.2 Å². The molecule has 3 rings (SSSR count). The van der Waals surface area contributed by atoms with Crippen molar-refractivity contribution >= 4 is 5.91 Å². The predicted molar refractivity (Wildman–Crippen MR) is 80.5 cm³/mol. The maximum atomic E-state index is 11.5. The molecular weight excluding hydrogens is 282 g/mol. The monoisotopic (exact) mass is 301 g/mol. The van der Waals surface area contributed by atoms with Crippen LogP contribution in [0.4, 0.5) is 0 Å². The smallest absolute Gasteiger partial charge is 0.251 e. The van der Waals surface area contributed by atoms with Crippen LogP contribution in [0.15, 0.2) is 28.7 Å². The maximum Gasteiger partial charge on any atom is 0.251 e. The molecule has 1 aromatic carbocycles. The van der Waals surface area contributed by atoms with Crippen LogP contribution < -0.4 is 4.74 Å². The Morgan fingerprint density at radius 1 is 1.36 bits per heavy atom. The fourth-order valence-corrected chi connectivity index (χ4v) is 2.79. The fraction of sp³-hybridized carbons (Fsp3) is 0.438. The first-order valence-electron chi connectivity index (χ1n) is 7.41. The summed E-state index contributed by atoms with van der Waals surface area (Å²) in [6.07, 6.45) is 1.91. The molecule has 22 heavy (non-hydrogen) atoms. The number of aromatic nitrogens is 2. The number of nitrogens with zero attached hydrogens (tertiary/aromatic N) is 3. The van der Waals surface area contributed by atoms with E-state index >= 15 is 0 Å². The Morgan fingerprint density at radius 2 is 2.18 bits per heavy atom. The molecule has 1 fully saturated rings. The second kappa shape index (κ2) is 6.17. The highest BCUT2D eigenvalue weighted by atomic mass is 16.5. The van der Waals surface area contributed by atoms with Gasteiger partial charge >= 0.3 is 0 Å². The molecule has 6 heteroatoms. The molecule has 0 N–H and O–H groups in total. The maximum absolute atomic E-state index is 11.5. The Bertz CT molecular complexity index is 668.